The Balaban J connectivity index is 1.34. The molecular weight excluding hydrogens is 575 g/mol. The van der Waals surface area contributed by atoms with E-state index in [0.717, 1.165) is 30.4 Å². The van der Waals surface area contributed by atoms with E-state index in [4.69, 9.17) is 27.3 Å². The normalized spacial score (nSPS) is 14.5. The number of hydrogen-bond acceptors (Lipinski definition) is 5. The molecule has 0 aliphatic carbocycles. The van der Waals surface area contributed by atoms with E-state index in [1.54, 1.807) is 35.6 Å². The molecule has 9 rings (SSSR count). The second-order valence-corrected chi connectivity index (χ2v) is 12.3. The van der Waals surface area contributed by atoms with Crippen LogP contribution in [0, 0.1) is 0 Å². The molecule has 0 aliphatic heterocycles. The van der Waals surface area contributed by atoms with E-state index in [-0.39, 0.29) is 47.6 Å². The largest absolute Gasteiger partial charge is 0.208 e. The van der Waals surface area contributed by atoms with Crippen molar-refractivity contribution in [3.05, 3.63) is 139 Å². The third kappa shape index (κ3) is 4.13. The number of fused-ring (bicyclic) bond motifs is 6. The Morgan fingerprint density at radius 2 is 1.11 bits per heavy atom. The monoisotopic (exact) mass is 606 g/mol. The number of aromatic nitrogens is 3. The summed E-state index contributed by atoms with van der Waals surface area (Å²) in [5, 5.41) is 3.22. The third-order valence-corrected chi connectivity index (χ3v) is 9.90. The molecule has 0 N–H and O–H groups in total. The first-order valence-electron chi connectivity index (χ1n) is 18.3. The van der Waals surface area contributed by atoms with E-state index in [1.807, 2.05) is 42.5 Å². The van der Waals surface area contributed by atoms with E-state index in [2.05, 4.69) is 18.2 Å². The van der Waals surface area contributed by atoms with Gasteiger partial charge in [0.05, 0.1) is 12.3 Å². The highest BCUT2D eigenvalue weighted by Crippen LogP contribution is 2.41. The van der Waals surface area contributed by atoms with Gasteiger partial charge in [0.25, 0.3) is 0 Å². The van der Waals surface area contributed by atoms with Gasteiger partial charge in [0.2, 0.25) is 0 Å². The molecule has 0 atom stereocenters. The van der Waals surface area contributed by atoms with E-state index in [9.17, 15) is 0 Å². The van der Waals surface area contributed by atoms with Gasteiger partial charge in [0, 0.05) is 57.0 Å². The van der Waals surface area contributed by atoms with Crippen LogP contribution in [0.1, 0.15) is 12.3 Å². The third-order valence-electron chi connectivity index (χ3n) is 7.59. The maximum absolute atomic E-state index is 8.74. The average Bonchev–Trinajstić information content (AvgIpc) is 3.76. The zero-order valence-electron chi connectivity index (χ0n) is 31.7. The number of benzene rings is 6. The molecule has 3 aromatic heterocycles. The fourth-order valence-corrected chi connectivity index (χ4v) is 7.78. The van der Waals surface area contributed by atoms with Gasteiger partial charge in [-0.1, -0.05) is 103 Å². The van der Waals surface area contributed by atoms with Crippen molar-refractivity contribution in [2.24, 2.45) is 0 Å². The van der Waals surface area contributed by atoms with E-state index in [1.165, 1.54) is 11.3 Å². The van der Waals surface area contributed by atoms with Crippen LogP contribution >= 0.6 is 22.7 Å². The Morgan fingerprint density at radius 1 is 0.432 bits per heavy atom. The van der Waals surface area contributed by atoms with Crippen LogP contribution in [0.15, 0.2) is 139 Å². The highest BCUT2D eigenvalue weighted by atomic mass is 32.1. The molecule has 0 fully saturated rings. The van der Waals surface area contributed by atoms with Crippen molar-refractivity contribution in [1.29, 1.82) is 0 Å². The summed E-state index contributed by atoms with van der Waals surface area (Å²) in [7, 11) is 0. The van der Waals surface area contributed by atoms with Crippen molar-refractivity contribution in [1.82, 2.24) is 15.0 Å². The van der Waals surface area contributed by atoms with Crippen LogP contribution in [0.2, 0.25) is 0 Å². The molecule has 0 aliphatic rings. The van der Waals surface area contributed by atoms with Gasteiger partial charge in [-0.25, -0.2) is 15.0 Å². The van der Waals surface area contributed by atoms with Crippen LogP contribution in [0.4, 0.5) is 0 Å². The molecule has 44 heavy (non-hydrogen) atoms. The van der Waals surface area contributed by atoms with Crippen LogP contribution in [0.25, 0.3) is 85.6 Å². The Bertz CT molecular complexity index is 3000. The summed E-state index contributed by atoms with van der Waals surface area (Å²) in [5.74, 6) is 0.888. The SMILES string of the molecule is [2H]c1c([2H])c([2H])c(-c2ccccc2-c2nc(-c3ccc4sc5c([2H])c([2H])c([2H])c([2H])c5c4c3)nc(-c3cccc4c3sc3ccccc34)n2)c([2H])c1[2H]. The molecule has 0 saturated heterocycles. The molecule has 3 heterocycles. The maximum atomic E-state index is 8.74. The Kier molecular flexibility index (Phi) is 4.12. The van der Waals surface area contributed by atoms with Gasteiger partial charge in [-0.15, -0.1) is 22.7 Å². The second-order valence-electron chi connectivity index (χ2n) is 10.1. The second kappa shape index (κ2) is 10.2. The van der Waals surface area contributed by atoms with Crippen LogP contribution in [0.5, 0.6) is 0 Å². The van der Waals surface area contributed by atoms with E-state index in [0.29, 0.717) is 43.8 Å². The number of thiophene rings is 2. The standard InChI is InChI=1S/C39H23N3S2/c1-2-11-24(12-3-1)26-13-4-5-16-30(26)38-40-37(25-21-22-35-32(23-25)28-15-7-8-19-33(28)43-35)41-39(42-38)31-18-10-17-29-27-14-6-9-20-34(27)44-36(29)31/h1-23H/i1D,2D,3D,7D,8D,11D,12D,15D,19D. The highest BCUT2D eigenvalue weighted by Gasteiger charge is 2.19. The molecule has 6 aromatic carbocycles. The van der Waals surface area contributed by atoms with Gasteiger partial charge in [0.1, 0.15) is 0 Å². The lowest BCUT2D eigenvalue weighted by Gasteiger charge is -2.12. The van der Waals surface area contributed by atoms with Gasteiger partial charge in [-0.2, -0.15) is 0 Å². The van der Waals surface area contributed by atoms with Crippen molar-refractivity contribution >= 4 is 63.0 Å². The first kappa shape index (κ1) is 17.8. The summed E-state index contributed by atoms with van der Waals surface area (Å²) in [6, 6.07) is 23.8. The topological polar surface area (TPSA) is 38.7 Å². The molecule has 5 heteroatoms. The fourth-order valence-electron chi connectivity index (χ4n) is 5.58. The number of hydrogen-bond donors (Lipinski definition) is 0. The summed E-state index contributed by atoms with van der Waals surface area (Å²) in [6.07, 6.45) is 0. The van der Waals surface area contributed by atoms with Crippen molar-refractivity contribution in [3.8, 4) is 45.3 Å². The fraction of sp³-hybridized carbons (Fsp3) is 0. The summed E-state index contributed by atoms with van der Waals surface area (Å²) < 4.78 is 79.4. The molecule has 0 saturated carbocycles. The molecule has 3 nitrogen and oxygen atoms in total. The van der Waals surface area contributed by atoms with Gasteiger partial charge in [0.15, 0.2) is 17.5 Å². The lowest BCUT2D eigenvalue weighted by atomic mass is 9.99. The van der Waals surface area contributed by atoms with Crippen LogP contribution < -0.4 is 0 Å². The van der Waals surface area contributed by atoms with Gasteiger partial charge in [-0.05, 0) is 47.5 Å². The van der Waals surface area contributed by atoms with Crippen molar-refractivity contribution in [2.45, 2.75) is 0 Å². The minimum Gasteiger partial charge on any atom is -0.208 e. The zero-order valence-corrected chi connectivity index (χ0v) is 24.4. The quantitative estimate of drug-likeness (QED) is 0.200. The first-order valence-corrected chi connectivity index (χ1v) is 15.4. The lowest BCUT2D eigenvalue weighted by Crippen LogP contribution is -2.01. The molecule has 0 amide bonds. The highest BCUT2D eigenvalue weighted by molar-refractivity contribution is 7.26. The van der Waals surface area contributed by atoms with Crippen molar-refractivity contribution in [3.63, 3.8) is 0 Å². The Hall–Kier alpha value is -5.23. The van der Waals surface area contributed by atoms with Crippen LogP contribution in [0.3, 0.4) is 0 Å². The first-order chi connectivity index (χ1) is 25.5. The zero-order chi connectivity index (χ0) is 36.9. The average molecular weight is 607 g/mol. The molecule has 0 spiro atoms. The summed E-state index contributed by atoms with van der Waals surface area (Å²) in [5.41, 5.74) is 2.18. The minimum atomic E-state index is -0.483. The van der Waals surface area contributed by atoms with Crippen molar-refractivity contribution < 1.29 is 12.3 Å². The molecule has 0 radical (unpaired) electrons. The lowest BCUT2D eigenvalue weighted by molar-refractivity contribution is 1.08. The van der Waals surface area contributed by atoms with Gasteiger partial charge >= 0.3 is 0 Å². The van der Waals surface area contributed by atoms with Gasteiger partial charge < -0.3 is 0 Å². The number of nitrogens with zero attached hydrogens (tertiary/aromatic N) is 3. The molecule has 9 aromatic rings. The Labute approximate surface area is 274 Å². The molecule has 0 unspecified atom stereocenters. The van der Waals surface area contributed by atoms with Gasteiger partial charge in [-0.3, -0.25) is 0 Å². The summed E-state index contributed by atoms with van der Waals surface area (Å²) >= 11 is 2.92. The molecule has 0 bridgehead atoms. The Morgan fingerprint density at radius 3 is 2.02 bits per heavy atom. The minimum absolute atomic E-state index is 0.0296. The predicted molar refractivity (Wildman–Crippen MR) is 187 cm³/mol. The molecule has 206 valence electrons. The van der Waals surface area contributed by atoms with Crippen LogP contribution in [-0.2, 0) is 0 Å². The number of rotatable bonds is 4. The van der Waals surface area contributed by atoms with E-state index >= 15 is 0 Å². The summed E-state index contributed by atoms with van der Waals surface area (Å²) in [4.78, 5) is 15.0. The van der Waals surface area contributed by atoms with E-state index < -0.39 is 18.1 Å². The predicted octanol–water partition coefficient (Wildman–Crippen LogP) is 11.3. The summed E-state index contributed by atoms with van der Waals surface area (Å²) in [6.45, 7) is 0. The smallest absolute Gasteiger partial charge is 0.165 e. The van der Waals surface area contributed by atoms with Crippen molar-refractivity contribution in [2.75, 3.05) is 0 Å². The maximum Gasteiger partial charge on any atom is 0.165 e. The molecular formula is C39H23N3S2. The van der Waals surface area contributed by atoms with Crippen LogP contribution in [-0.4, -0.2) is 15.0 Å².